The number of primary amides is 3. The summed E-state index contributed by atoms with van der Waals surface area (Å²) in [6, 6.07) is -4.84. The molecule has 20 N–H and O–H groups in total. The molecule has 9 amide bonds. The van der Waals surface area contributed by atoms with Gasteiger partial charge in [-0.15, -0.1) is 0 Å². The van der Waals surface area contributed by atoms with E-state index < -0.39 is 127 Å². The van der Waals surface area contributed by atoms with Crippen LogP contribution in [-0.4, -0.2) is 146 Å². The minimum Gasteiger partial charge on any atom is -0.508 e. The van der Waals surface area contributed by atoms with Crippen LogP contribution < -0.4 is 61.0 Å². The van der Waals surface area contributed by atoms with Crippen molar-refractivity contribution in [2.24, 2.45) is 39.4 Å². The summed E-state index contributed by atoms with van der Waals surface area (Å²) in [5.41, 5.74) is 33.8. The zero-order chi connectivity index (χ0) is 49.8. The first-order valence-corrected chi connectivity index (χ1v) is 21.1. The number of guanidine groups is 1. The van der Waals surface area contributed by atoms with Crippen LogP contribution in [0.2, 0.25) is 0 Å². The summed E-state index contributed by atoms with van der Waals surface area (Å²) in [6.07, 6.45) is 0.710. The second-order valence-electron chi connectivity index (χ2n) is 15.7. The fraction of sp³-hybridized carbons (Fsp3) is 0.500. The van der Waals surface area contributed by atoms with Gasteiger partial charge in [0.15, 0.2) is 5.96 Å². The Morgan fingerprint density at radius 1 is 0.731 bits per heavy atom. The summed E-state index contributed by atoms with van der Waals surface area (Å²) >= 11 is 0. The molecule has 2 heterocycles. The maximum Gasteiger partial charge on any atom is 0.326 e. The number of carboxylic acid groups (broad SMARTS) is 1. The van der Waals surface area contributed by atoms with Crippen molar-refractivity contribution in [1.82, 2.24) is 41.5 Å². The highest BCUT2D eigenvalue weighted by molar-refractivity contribution is 5.98. The van der Waals surface area contributed by atoms with Crippen LogP contribution in [0.3, 0.4) is 0 Å². The van der Waals surface area contributed by atoms with Crippen molar-refractivity contribution in [1.29, 1.82) is 0 Å². The topological polar surface area (TPSA) is 472 Å². The molecule has 0 saturated carbocycles. The summed E-state index contributed by atoms with van der Waals surface area (Å²) in [4.78, 5) is 142. The molecule has 0 spiro atoms. The van der Waals surface area contributed by atoms with Gasteiger partial charge >= 0.3 is 5.97 Å². The zero-order valence-electron chi connectivity index (χ0n) is 36.5. The minimum atomic E-state index is -1.85. The highest BCUT2D eigenvalue weighted by atomic mass is 16.4. The van der Waals surface area contributed by atoms with Crippen molar-refractivity contribution in [3.05, 3.63) is 48.0 Å². The predicted molar refractivity (Wildman–Crippen MR) is 235 cm³/mol. The number of aromatic nitrogens is 2. The summed E-state index contributed by atoms with van der Waals surface area (Å²) in [5.74, 6) is -10.4. The average molecular weight is 942 g/mol. The number of H-pyrrole nitrogens is 1. The molecule has 1 fully saturated rings. The minimum absolute atomic E-state index is 0.0282. The van der Waals surface area contributed by atoms with Gasteiger partial charge < -0.3 is 81.1 Å². The Balaban J connectivity index is 1.87. The number of nitrogens with two attached hydrogens (primary N) is 6. The Morgan fingerprint density at radius 2 is 1.28 bits per heavy atom. The number of rotatable bonds is 28. The van der Waals surface area contributed by atoms with Gasteiger partial charge in [0.1, 0.15) is 42.0 Å². The van der Waals surface area contributed by atoms with Gasteiger partial charge in [0.05, 0.1) is 18.8 Å². The normalized spacial score (nSPS) is 15.8. The number of nitrogens with one attached hydrogen (secondary N) is 6. The largest absolute Gasteiger partial charge is 0.508 e. The third-order valence-electron chi connectivity index (χ3n) is 10.4. The molecule has 1 aliphatic heterocycles. The molecule has 3 rings (SSSR count). The van der Waals surface area contributed by atoms with E-state index >= 15 is 0 Å². The first kappa shape index (κ1) is 53.5. The lowest BCUT2D eigenvalue weighted by atomic mass is 10.0. The first-order chi connectivity index (χ1) is 31.6. The van der Waals surface area contributed by atoms with Gasteiger partial charge in [-0.05, 0) is 56.2 Å². The van der Waals surface area contributed by atoms with Crippen LogP contribution in [0, 0.1) is 0 Å². The molecule has 0 aliphatic carbocycles. The van der Waals surface area contributed by atoms with Crippen LogP contribution >= 0.6 is 0 Å². The number of likely N-dealkylation sites (tertiary alicyclic amines) is 1. The number of carbonyl (C=O) groups is 10. The second kappa shape index (κ2) is 26.2. The van der Waals surface area contributed by atoms with E-state index in [9.17, 15) is 58.2 Å². The summed E-state index contributed by atoms with van der Waals surface area (Å²) in [6.45, 7) is 0.211. The van der Waals surface area contributed by atoms with Gasteiger partial charge in [-0.1, -0.05) is 12.1 Å². The van der Waals surface area contributed by atoms with E-state index in [4.69, 9.17) is 34.4 Å². The number of benzene rings is 1. The predicted octanol–water partition coefficient (Wildman–Crippen LogP) is -5.81. The Bertz CT molecular complexity index is 2110. The van der Waals surface area contributed by atoms with E-state index in [-0.39, 0.29) is 63.3 Å². The average Bonchev–Trinajstić information content (AvgIpc) is 3.97. The lowest BCUT2D eigenvalue weighted by molar-refractivity contribution is -0.142. The summed E-state index contributed by atoms with van der Waals surface area (Å²) in [5, 5.41) is 31.5. The van der Waals surface area contributed by atoms with Crippen molar-refractivity contribution in [2.45, 2.75) is 113 Å². The molecule has 27 heteroatoms. The summed E-state index contributed by atoms with van der Waals surface area (Å²) in [7, 11) is 0. The fourth-order valence-corrected chi connectivity index (χ4v) is 6.95. The molecule has 27 nitrogen and oxygen atoms in total. The van der Waals surface area contributed by atoms with E-state index in [1.807, 2.05) is 0 Å². The van der Waals surface area contributed by atoms with E-state index in [0.29, 0.717) is 17.7 Å². The Morgan fingerprint density at radius 3 is 1.84 bits per heavy atom. The van der Waals surface area contributed by atoms with Crippen molar-refractivity contribution in [3.8, 4) is 5.75 Å². The molecule has 366 valence electrons. The van der Waals surface area contributed by atoms with E-state index in [2.05, 4.69) is 41.5 Å². The Labute approximate surface area is 383 Å². The fourth-order valence-electron chi connectivity index (χ4n) is 6.95. The number of aromatic amines is 1. The zero-order valence-corrected chi connectivity index (χ0v) is 36.5. The number of imidazole rings is 1. The van der Waals surface area contributed by atoms with Crippen LogP contribution in [0.25, 0.3) is 0 Å². The van der Waals surface area contributed by atoms with Gasteiger partial charge in [0.25, 0.3) is 0 Å². The maximum absolute atomic E-state index is 14.1. The van der Waals surface area contributed by atoms with Gasteiger partial charge in [0.2, 0.25) is 53.2 Å². The molecule has 1 aliphatic rings. The van der Waals surface area contributed by atoms with Crippen LogP contribution in [0.5, 0.6) is 5.75 Å². The van der Waals surface area contributed by atoms with E-state index in [1.165, 1.54) is 41.7 Å². The highest BCUT2D eigenvalue weighted by Gasteiger charge is 2.39. The number of carboxylic acids is 1. The summed E-state index contributed by atoms with van der Waals surface area (Å²) < 4.78 is 0. The molecule has 1 saturated heterocycles. The second-order valence-corrected chi connectivity index (χ2v) is 15.7. The van der Waals surface area contributed by atoms with Crippen LogP contribution in [0.15, 0.2) is 41.8 Å². The number of aliphatic carboxylic acids is 1. The molecule has 0 radical (unpaired) electrons. The van der Waals surface area contributed by atoms with Gasteiger partial charge in [-0.25, -0.2) is 9.78 Å². The monoisotopic (exact) mass is 941 g/mol. The number of phenolic OH excluding ortho intramolecular Hbond substituents is 1. The van der Waals surface area contributed by atoms with Gasteiger partial charge in [-0.2, -0.15) is 0 Å². The Kier molecular flexibility index (Phi) is 20.9. The molecular formula is C40H59N15O12. The molecule has 1 aromatic carbocycles. The highest BCUT2D eigenvalue weighted by Crippen LogP contribution is 2.20. The standard InChI is InChI=1S/C40H59N15O12/c41-23(16-21-18-47-19-49-21)38(65)55-14-2-4-29(55)37(64)51-25(10-12-31(43)58)34(61)53-27(15-20-5-7-22(56)8-6-20)35(62)54-28(17-32(44)59)36(63)50-24(9-11-30(42)57)33(60)52-26(39(66)67)3-1-13-48-40(45)46/h5-8,18-19,23-29,56H,1-4,9-17,41H2,(H2,42,57)(H2,43,58)(H2,44,59)(H,47,49)(H,50,63)(H,51,64)(H,52,60)(H,53,61)(H,54,62)(H,66,67)(H4,45,46,48)/t23-,24-,25-,26-,27-,28-,29-/m0/s1. The third-order valence-corrected chi connectivity index (χ3v) is 10.4. The molecule has 0 bridgehead atoms. The van der Waals surface area contributed by atoms with Crippen molar-refractivity contribution < 1.29 is 58.2 Å². The van der Waals surface area contributed by atoms with Gasteiger partial charge in [-0.3, -0.25) is 48.1 Å². The number of nitrogens with zero attached hydrogens (tertiary/aromatic N) is 3. The van der Waals surface area contributed by atoms with Crippen LogP contribution in [0.4, 0.5) is 0 Å². The molecule has 67 heavy (non-hydrogen) atoms. The van der Waals surface area contributed by atoms with Gasteiger partial charge in [0, 0.05) is 50.7 Å². The first-order valence-electron chi connectivity index (χ1n) is 21.1. The van der Waals surface area contributed by atoms with Crippen molar-refractivity contribution in [2.75, 3.05) is 13.1 Å². The van der Waals surface area contributed by atoms with Crippen LogP contribution in [-0.2, 0) is 60.8 Å². The van der Waals surface area contributed by atoms with E-state index in [1.54, 1.807) is 0 Å². The number of phenols is 1. The SMILES string of the molecule is NC(=O)CC[C@H](NC(=O)[C@H](CC(N)=O)NC(=O)[C@H](Cc1ccc(O)cc1)NC(=O)[C@H](CCC(N)=O)NC(=O)[C@@H]1CCCN1C(=O)[C@@H](N)Cc1cnc[nH]1)C(=O)N[C@@H](CCCN=C(N)N)C(=O)O. The number of aliphatic imine (C=N–C) groups is 1. The van der Waals surface area contributed by atoms with Crippen molar-refractivity contribution in [3.63, 3.8) is 0 Å². The van der Waals surface area contributed by atoms with Crippen molar-refractivity contribution >= 4 is 65.1 Å². The number of hydrogen-bond donors (Lipinski definition) is 14. The number of aromatic hydroxyl groups is 1. The van der Waals surface area contributed by atoms with E-state index in [0.717, 1.165) is 0 Å². The molecule has 2 aromatic rings. The number of carbonyl (C=O) groups excluding carboxylic acids is 9. The molecule has 7 atom stereocenters. The quantitative estimate of drug-likeness (QED) is 0.0215. The van der Waals surface area contributed by atoms with Crippen LogP contribution in [0.1, 0.15) is 69.0 Å². The smallest absolute Gasteiger partial charge is 0.326 e. The maximum atomic E-state index is 14.1. The third kappa shape index (κ3) is 18.3. The lowest BCUT2D eigenvalue weighted by Crippen LogP contribution is -2.60. The Hall–Kier alpha value is -7.84. The molecule has 0 unspecified atom stereocenters. The number of amides is 9. The molecule has 1 aromatic heterocycles. The lowest BCUT2D eigenvalue weighted by Gasteiger charge is -2.29. The number of hydrogen-bond acceptors (Lipinski definition) is 14. The molecular weight excluding hydrogens is 883 g/mol.